The molecule has 0 bridgehead atoms. The minimum absolute atomic E-state index is 0.796. The van der Waals surface area contributed by atoms with Crippen molar-refractivity contribution in [2.75, 3.05) is 19.1 Å². The fraction of sp³-hybridized carbons (Fsp3) is 0.176. The van der Waals surface area contributed by atoms with Crippen molar-refractivity contribution in [2.24, 2.45) is 0 Å². The zero-order chi connectivity index (χ0) is 14.7. The van der Waals surface area contributed by atoms with Gasteiger partial charge in [0.25, 0.3) is 0 Å². The predicted molar refractivity (Wildman–Crippen MR) is 84.6 cm³/mol. The average molecular weight is 279 g/mol. The van der Waals surface area contributed by atoms with E-state index in [9.17, 15) is 0 Å². The highest BCUT2D eigenvalue weighted by Crippen LogP contribution is 2.26. The van der Waals surface area contributed by atoms with Crippen LogP contribution in [-0.4, -0.2) is 24.1 Å². The van der Waals surface area contributed by atoms with Gasteiger partial charge in [-0.3, -0.25) is 0 Å². The van der Waals surface area contributed by atoms with Gasteiger partial charge in [-0.2, -0.15) is 0 Å². The molecule has 0 unspecified atom stereocenters. The third-order valence-electron chi connectivity index (χ3n) is 3.45. The van der Waals surface area contributed by atoms with E-state index in [0.717, 1.165) is 29.0 Å². The molecule has 0 saturated heterocycles. The van der Waals surface area contributed by atoms with Gasteiger partial charge in [0.1, 0.15) is 17.9 Å². The average Bonchev–Trinajstić information content (AvgIpc) is 2.54. The highest BCUT2D eigenvalue weighted by atomic mass is 16.5. The van der Waals surface area contributed by atoms with Crippen LogP contribution in [-0.2, 0) is 6.54 Å². The molecule has 0 aliphatic heterocycles. The molecule has 0 spiro atoms. The van der Waals surface area contributed by atoms with E-state index in [4.69, 9.17) is 4.74 Å². The quantitative estimate of drug-likeness (QED) is 0.734. The molecule has 0 saturated carbocycles. The topological polar surface area (TPSA) is 38.3 Å². The van der Waals surface area contributed by atoms with Crippen molar-refractivity contribution in [1.82, 2.24) is 9.97 Å². The van der Waals surface area contributed by atoms with Gasteiger partial charge in [-0.05, 0) is 23.8 Å². The van der Waals surface area contributed by atoms with Crippen molar-refractivity contribution in [2.45, 2.75) is 6.54 Å². The minimum Gasteiger partial charge on any atom is -0.497 e. The summed E-state index contributed by atoms with van der Waals surface area (Å²) in [6, 6.07) is 16.2. The molecule has 106 valence electrons. The second kappa shape index (κ2) is 5.79. The smallest absolute Gasteiger partial charge is 0.140 e. The maximum absolute atomic E-state index is 5.30. The number of hydrogen-bond acceptors (Lipinski definition) is 4. The van der Waals surface area contributed by atoms with Crippen molar-refractivity contribution < 1.29 is 4.74 Å². The molecule has 2 aromatic carbocycles. The van der Waals surface area contributed by atoms with Crippen LogP contribution in [0.15, 0.2) is 54.9 Å². The second-order valence-electron chi connectivity index (χ2n) is 4.92. The molecular formula is C17H17N3O. The number of aromatic nitrogens is 2. The van der Waals surface area contributed by atoms with Gasteiger partial charge < -0.3 is 9.64 Å². The summed E-state index contributed by atoms with van der Waals surface area (Å²) in [5, 5.41) is 0.996. The van der Waals surface area contributed by atoms with Crippen LogP contribution >= 0.6 is 0 Å². The lowest BCUT2D eigenvalue weighted by Gasteiger charge is -2.20. The molecule has 0 atom stereocenters. The summed E-state index contributed by atoms with van der Waals surface area (Å²) in [4.78, 5) is 10.9. The van der Waals surface area contributed by atoms with E-state index in [-0.39, 0.29) is 0 Å². The molecule has 4 heteroatoms. The molecule has 3 rings (SSSR count). The second-order valence-corrected chi connectivity index (χ2v) is 4.92. The third kappa shape index (κ3) is 2.79. The van der Waals surface area contributed by atoms with Gasteiger partial charge in [0.05, 0.1) is 12.6 Å². The van der Waals surface area contributed by atoms with Crippen LogP contribution in [0.4, 0.5) is 5.82 Å². The maximum atomic E-state index is 5.30. The Morgan fingerprint density at radius 3 is 2.62 bits per heavy atom. The number of nitrogens with zero attached hydrogens (tertiary/aromatic N) is 3. The van der Waals surface area contributed by atoms with Crippen molar-refractivity contribution in [3.8, 4) is 5.75 Å². The largest absolute Gasteiger partial charge is 0.497 e. The Labute approximate surface area is 124 Å². The van der Waals surface area contributed by atoms with Crippen LogP contribution in [0.2, 0.25) is 0 Å². The zero-order valence-electron chi connectivity index (χ0n) is 12.2. The van der Waals surface area contributed by atoms with Gasteiger partial charge in [-0.25, -0.2) is 9.97 Å². The maximum Gasteiger partial charge on any atom is 0.140 e. The Kier molecular flexibility index (Phi) is 3.69. The van der Waals surface area contributed by atoms with E-state index < -0.39 is 0 Å². The molecule has 0 radical (unpaired) electrons. The molecule has 4 nitrogen and oxygen atoms in total. The summed E-state index contributed by atoms with van der Waals surface area (Å²) >= 11 is 0. The fourth-order valence-electron chi connectivity index (χ4n) is 2.39. The molecular weight excluding hydrogens is 262 g/mol. The van der Waals surface area contributed by atoms with Gasteiger partial charge in [-0.15, -0.1) is 0 Å². The van der Waals surface area contributed by atoms with E-state index in [0.29, 0.717) is 0 Å². The fourth-order valence-corrected chi connectivity index (χ4v) is 2.39. The van der Waals surface area contributed by atoms with E-state index in [1.807, 2.05) is 43.4 Å². The van der Waals surface area contributed by atoms with E-state index >= 15 is 0 Å². The molecule has 0 N–H and O–H groups in total. The lowest BCUT2D eigenvalue weighted by molar-refractivity contribution is 0.415. The number of ether oxygens (including phenoxy) is 1. The first-order valence-electron chi connectivity index (χ1n) is 6.82. The van der Waals surface area contributed by atoms with Gasteiger partial charge in [0, 0.05) is 19.0 Å². The standard InChI is InChI=1S/C17H17N3O/c1-20(11-13-6-4-3-5-7-13)17-15-10-14(21-2)8-9-16(15)18-12-19-17/h3-10,12H,11H2,1-2H3. The van der Waals surface area contributed by atoms with Crippen molar-refractivity contribution >= 4 is 16.7 Å². The van der Waals surface area contributed by atoms with Crippen LogP contribution in [0.25, 0.3) is 10.9 Å². The highest BCUT2D eigenvalue weighted by molar-refractivity contribution is 5.90. The number of benzene rings is 2. The molecule has 3 aromatic rings. The van der Waals surface area contributed by atoms with Crippen molar-refractivity contribution in [3.63, 3.8) is 0 Å². The Morgan fingerprint density at radius 2 is 1.86 bits per heavy atom. The Morgan fingerprint density at radius 1 is 1.05 bits per heavy atom. The zero-order valence-corrected chi connectivity index (χ0v) is 12.2. The van der Waals surface area contributed by atoms with E-state index in [1.165, 1.54) is 5.56 Å². The summed E-state index contributed by atoms with van der Waals surface area (Å²) < 4.78 is 5.30. The molecule has 0 aliphatic carbocycles. The van der Waals surface area contributed by atoms with Crippen molar-refractivity contribution in [3.05, 3.63) is 60.4 Å². The Hall–Kier alpha value is -2.62. The number of hydrogen-bond donors (Lipinski definition) is 0. The van der Waals surface area contributed by atoms with Gasteiger partial charge >= 0.3 is 0 Å². The lowest BCUT2D eigenvalue weighted by Crippen LogP contribution is -2.18. The van der Waals surface area contributed by atoms with Gasteiger partial charge in [-0.1, -0.05) is 30.3 Å². The van der Waals surface area contributed by atoms with Gasteiger partial charge in [0.2, 0.25) is 0 Å². The van der Waals surface area contributed by atoms with Crippen LogP contribution in [0, 0.1) is 0 Å². The number of methoxy groups -OCH3 is 1. The van der Waals surface area contributed by atoms with Crippen LogP contribution < -0.4 is 9.64 Å². The molecule has 21 heavy (non-hydrogen) atoms. The molecule has 0 fully saturated rings. The molecule has 1 aromatic heterocycles. The molecule has 1 heterocycles. The summed E-state index contributed by atoms with van der Waals surface area (Å²) in [7, 11) is 3.70. The summed E-state index contributed by atoms with van der Waals surface area (Å²) in [6.45, 7) is 0.796. The predicted octanol–water partition coefficient (Wildman–Crippen LogP) is 3.27. The molecule has 0 aliphatic rings. The van der Waals surface area contributed by atoms with Gasteiger partial charge in [0.15, 0.2) is 0 Å². The monoisotopic (exact) mass is 279 g/mol. The van der Waals surface area contributed by atoms with Crippen LogP contribution in [0.3, 0.4) is 0 Å². The third-order valence-corrected chi connectivity index (χ3v) is 3.45. The normalized spacial score (nSPS) is 10.6. The Balaban J connectivity index is 1.99. The minimum atomic E-state index is 0.796. The van der Waals surface area contributed by atoms with E-state index in [1.54, 1.807) is 13.4 Å². The summed E-state index contributed by atoms with van der Waals surface area (Å²) in [6.07, 6.45) is 1.60. The Bertz CT molecular complexity index is 743. The first-order chi connectivity index (χ1) is 10.3. The number of rotatable bonds is 4. The first-order valence-corrected chi connectivity index (χ1v) is 6.82. The SMILES string of the molecule is COc1ccc2ncnc(N(C)Cc3ccccc3)c2c1. The number of fused-ring (bicyclic) bond motifs is 1. The van der Waals surface area contributed by atoms with Crippen LogP contribution in [0.5, 0.6) is 5.75 Å². The number of anilines is 1. The van der Waals surface area contributed by atoms with E-state index in [2.05, 4.69) is 27.0 Å². The molecule has 0 amide bonds. The summed E-state index contributed by atoms with van der Waals surface area (Å²) in [5.74, 6) is 1.72. The highest BCUT2D eigenvalue weighted by Gasteiger charge is 2.10. The van der Waals surface area contributed by atoms with Crippen molar-refractivity contribution in [1.29, 1.82) is 0 Å². The summed E-state index contributed by atoms with van der Waals surface area (Å²) in [5.41, 5.74) is 2.16. The van der Waals surface area contributed by atoms with Crippen LogP contribution in [0.1, 0.15) is 5.56 Å². The lowest BCUT2D eigenvalue weighted by atomic mass is 10.2. The first kappa shape index (κ1) is 13.4.